The Morgan fingerprint density at radius 2 is 2.04 bits per heavy atom. The number of rotatable bonds is 8. The molecule has 0 spiro atoms. The van der Waals surface area contributed by atoms with Crippen molar-refractivity contribution in [2.24, 2.45) is 0 Å². The molecule has 3 N–H and O–H groups in total. The standard InChI is InChI=1S/C18H25FN6O2S/c1-2-24-9-7-14(8-10-24)21-17(26)12-28-18-23-22-16(25(18)20)11-27-15-5-3-13(19)4-6-15/h3-6,14H,2,7-12,20H2,1H3,(H,21,26). The monoisotopic (exact) mass is 408 g/mol. The summed E-state index contributed by atoms with van der Waals surface area (Å²) in [6, 6.07) is 5.91. The lowest BCUT2D eigenvalue weighted by Crippen LogP contribution is -2.45. The molecule has 2 heterocycles. The number of piperidine rings is 1. The molecule has 28 heavy (non-hydrogen) atoms. The smallest absolute Gasteiger partial charge is 0.230 e. The fourth-order valence-electron chi connectivity index (χ4n) is 2.98. The van der Waals surface area contributed by atoms with Crippen LogP contribution in [-0.2, 0) is 11.4 Å². The van der Waals surface area contributed by atoms with Crippen LogP contribution in [0.3, 0.4) is 0 Å². The first-order valence-corrected chi connectivity index (χ1v) is 10.3. The third kappa shape index (κ3) is 5.59. The summed E-state index contributed by atoms with van der Waals surface area (Å²) in [7, 11) is 0. The van der Waals surface area contributed by atoms with E-state index in [0.717, 1.165) is 32.5 Å². The van der Waals surface area contributed by atoms with Gasteiger partial charge in [-0.2, -0.15) is 0 Å². The van der Waals surface area contributed by atoms with Crippen LogP contribution in [0.1, 0.15) is 25.6 Å². The van der Waals surface area contributed by atoms with Crippen molar-refractivity contribution in [2.45, 2.75) is 37.6 Å². The number of carbonyl (C=O) groups is 1. The molecule has 10 heteroatoms. The number of amides is 1. The highest BCUT2D eigenvalue weighted by Crippen LogP contribution is 2.17. The number of aromatic nitrogens is 3. The molecule has 0 bridgehead atoms. The zero-order valence-electron chi connectivity index (χ0n) is 15.8. The van der Waals surface area contributed by atoms with E-state index in [-0.39, 0.29) is 30.1 Å². The van der Waals surface area contributed by atoms with Crippen molar-refractivity contribution in [3.8, 4) is 5.75 Å². The number of hydrogen-bond donors (Lipinski definition) is 2. The normalized spacial score (nSPS) is 15.5. The Morgan fingerprint density at radius 3 is 2.71 bits per heavy atom. The third-order valence-corrected chi connectivity index (χ3v) is 5.59. The van der Waals surface area contributed by atoms with E-state index < -0.39 is 0 Å². The van der Waals surface area contributed by atoms with Gasteiger partial charge in [0.05, 0.1) is 5.75 Å². The summed E-state index contributed by atoms with van der Waals surface area (Å²) in [4.78, 5) is 14.6. The summed E-state index contributed by atoms with van der Waals surface area (Å²) in [5, 5.41) is 11.5. The predicted molar refractivity (Wildman–Crippen MR) is 105 cm³/mol. The lowest BCUT2D eigenvalue weighted by molar-refractivity contribution is -0.119. The Morgan fingerprint density at radius 1 is 1.32 bits per heavy atom. The Labute approximate surface area is 167 Å². The van der Waals surface area contributed by atoms with E-state index in [2.05, 4.69) is 27.3 Å². The van der Waals surface area contributed by atoms with Crippen LogP contribution >= 0.6 is 11.8 Å². The van der Waals surface area contributed by atoms with Crippen LogP contribution in [0.15, 0.2) is 29.4 Å². The Balaban J connectivity index is 1.43. The fourth-order valence-corrected chi connectivity index (χ4v) is 3.66. The molecule has 1 saturated heterocycles. The first-order valence-electron chi connectivity index (χ1n) is 9.27. The number of likely N-dealkylation sites (tertiary alicyclic amines) is 1. The zero-order valence-corrected chi connectivity index (χ0v) is 16.6. The maximum atomic E-state index is 12.9. The van der Waals surface area contributed by atoms with Gasteiger partial charge in [0, 0.05) is 19.1 Å². The summed E-state index contributed by atoms with van der Waals surface area (Å²) >= 11 is 1.23. The molecule has 152 valence electrons. The van der Waals surface area contributed by atoms with Gasteiger partial charge in [0.15, 0.2) is 5.82 Å². The summed E-state index contributed by atoms with van der Waals surface area (Å²) in [5.74, 6) is 6.77. The number of nitrogens with two attached hydrogens (primary N) is 1. The van der Waals surface area contributed by atoms with E-state index in [0.29, 0.717) is 16.7 Å². The lowest BCUT2D eigenvalue weighted by Gasteiger charge is -2.31. The number of halogens is 1. The zero-order chi connectivity index (χ0) is 19.9. The predicted octanol–water partition coefficient (Wildman–Crippen LogP) is 1.40. The second kappa shape index (κ2) is 9.74. The van der Waals surface area contributed by atoms with Crippen molar-refractivity contribution in [3.05, 3.63) is 35.9 Å². The molecular weight excluding hydrogens is 383 g/mol. The van der Waals surface area contributed by atoms with Gasteiger partial charge in [-0.25, -0.2) is 9.07 Å². The topological polar surface area (TPSA) is 98.3 Å². The Hall–Kier alpha value is -2.33. The van der Waals surface area contributed by atoms with Gasteiger partial charge in [-0.15, -0.1) is 10.2 Å². The van der Waals surface area contributed by atoms with E-state index >= 15 is 0 Å². The number of carbonyl (C=O) groups excluding carboxylic acids is 1. The highest BCUT2D eigenvalue weighted by atomic mass is 32.2. The first-order chi connectivity index (χ1) is 13.5. The summed E-state index contributed by atoms with van der Waals surface area (Å²) in [5.41, 5.74) is 0. The van der Waals surface area contributed by atoms with Gasteiger partial charge in [0.2, 0.25) is 11.1 Å². The minimum Gasteiger partial charge on any atom is -0.486 e. The van der Waals surface area contributed by atoms with Crippen LogP contribution in [0.4, 0.5) is 4.39 Å². The van der Waals surface area contributed by atoms with Crippen molar-refractivity contribution in [3.63, 3.8) is 0 Å². The molecule has 1 fully saturated rings. The number of nitrogens with zero attached hydrogens (tertiary/aromatic N) is 4. The van der Waals surface area contributed by atoms with Crippen molar-refractivity contribution in [1.82, 2.24) is 25.1 Å². The Kier molecular flexibility index (Phi) is 7.10. The molecule has 0 unspecified atom stereocenters. The molecule has 0 atom stereocenters. The Bertz CT molecular complexity index is 777. The van der Waals surface area contributed by atoms with Gasteiger partial charge in [0.25, 0.3) is 0 Å². The lowest BCUT2D eigenvalue weighted by atomic mass is 10.1. The highest BCUT2D eigenvalue weighted by Gasteiger charge is 2.20. The van der Waals surface area contributed by atoms with E-state index in [1.807, 2.05) is 0 Å². The quantitative estimate of drug-likeness (QED) is 0.503. The maximum absolute atomic E-state index is 12.9. The van der Waals surface area contributed by atoms with Crippen LogP contribution in [0.2, 0.25) is 0 Å². The molecule has 1 aliphatic heterocycles. The van der Waals surface area contributed by atoms with E-state index in [1.54, 1.807) is 0 Å². The van der Waals surface area contributed by atoms with Gasteiger partial charge in [0.1, 0.15) is 18.2 Å². The first kappa shape index (κ1) is 20.4. The summed E-state index contributed by atoms with van der Waals surface area (Å²) < 4.78 is 19.7. The number of ether oxygens (including phenoxy) is 1. The van der Waals surface area contributed by atoms with Crippen LogP contribution in [-0.4, -0.2) is 57.1 Å². The molecular formula is C18H25FN6O2S. The number of benzene rings is 1. The SMILES string of the molecule is CCN1CCC(NC(=O)CSc2nnc(COc3ccc(F)cc3)n2N)CC1. The number of nitrogens with one attached hydrogen (secondary N) is 1. The molecule has 0 saturated carbocycles. The second-order valence-electron chi connectivity index (χ2n) is 6.58. The fraction of sp³-hybridized carbons (Fsp3) is 0.500. The number of hydrogen-bond acceptors (Lipinski definition) is 7. The molecule has 8 nitrogen and oxygen atoms in total. The molecule has 0 aliphatic carbocycles. The molecule has 0 radical (unpaired) electrons. The number of nitrogen functional groups attached to an aromatic ring is 1. The van der Waals surface area contributed by atoms with E-state index in [4.69, 9.17) is 10.6 Å². The van der Waals surface area contributed by atoms with Crippen LogP contribution in [0.25, 0.3) is 0 Å². The average molecular weight is 409 g/mol. The van der Waals surface area contributed by atoms with Gasteiger partial charge in [-0.3, -0.25) is 4.79 Å². The van der Waals surface area contributed by atoms with Crippen LogP contribution < -0.4 is 15.9 Å². The van der Waals surface area contributed by atoms with Crippen LogP contribution in [0, 0.1) is 5.82 Å². The maximum Gasteiger partial charge on any atom is 0.230 e. The van der Waals surface area contributed by atoms with Crippen molar-refractivity contribution < 1.29 is 13.9 Å². The number of thioether (sulfide) groups is 1. The highest BCUT2D eigenvalue weighted by molar-refractivity contribution is 7.99. The summed E-state index contributed by atoms with van der Waals surface area (Å²) in [6.07, 6.45) is 1.95. The van der Waals surface area contributed by atoms with Gasteiger partial charge < -0.3 is 20.8 Å². The summed E-state index contributed by atoms with van der Waals surface area (Å²) in [6.45, 7) is 5.33. The van der Waals surface area contributed by atoms with Crippen molar-refractivity contribution in [1.29, 1.82) is 0 Å². The van der Waals surface area contributed by atoms with Gasteiger partial charge in [-0.1, -0.05) is 18.7 Å². The average Bonchev–Trinajstić information content (AvgIpc) is 3.06. The van der Waals surface area contributed by atoms with Crippen molar-refractivity contribution in [2.75, 3.05) is 31.2 Å². The third-order valence-electron chi connectivity index (χ3n) is 4.65. The molecule has 1 aromatic heterocycles. The minimum atomic E-state index is -0.331. The second-order valence-corrected chi connectivity index (χ2v) is 7.52. The largest absolute Gasteiger partial charge is 0.486 e. The van der Waals surface area contributed by atoms with Crippen LogP contribution in [0.5, 0.6) is 5.75 Å². The molecule has 2 aromatic rings. The van der Waals surface area contributed by atoms with E-state index in [9.17, 15) is 9.18 Å². The minimum absolute atomic E-state index is 0.0351. The molecule has 3 rings (SSSR count). The van der Waals surface area contributed by atoms with Gasteiger partial charge >= 0.3 is 0 Å². The molecule has 1 aromatic carbocycles. The van der Waals surface area contributed by atoms with E-state index in [1.165, 1.54) is 40.7 Å². The van der Waals surface area contributed by atoms with Crippen molar-refractivity contribution >= 4 is 17.7 Å². The molecule has 1 aliphatic rings. The molecule has 1 amide bonds. The van der Waals surface area contributed by atoms with Gasteiger partial charge in [-0.05, 0) is 43.7 Å².